The quantitative estimate of drug-likeness (QED) is 0.607. The van der Waals surface area contributed by atoms with Gasteiger partial charge in [-0.15, -0.1) is 0 Å². The summed E-state index contributed by atoms with van der Waals surface area (Å²) in [7, 11) is 0. The van der Waals surface area contributed by atoms with Crippen molar-refractivity contribution in [1.82, 2.24) is 0 Å². The Kier molecular flexibility index (Phi) is 5.03. The van der Waals surface area contributed by atoms with Gasteiger partial charge in [-0.2, -0.15) is 0 Å². The summed E-state index contributed by atoms with van der Waals surface area (Å²) < 4.78 is 0. The standard InChI is InChI=1S/C10H16O2.C2H6/c1-4-7-8(11)5-10(2,3)6-9(7)12;1-2/h7H,4-6H2,1-3H3;1-2H3. The summed E-state index contributed by atoms with van der Waals surface area (Å²) in [5.74, 6) is -0.0180. The fourth-order valence-corrected chi connectivity index (χ4v) is 1.89. The minimum atomic E-state index is -0.293. The summed E-state index contributed by atoms with van der Waals surface area (Å²) in [6.07, 6.45) is 1.81. The Hall–Kier alpha value is -0.660. The fraction of sp³-hybridized carbons (Fsp3) is 0.833. The Morgan fingerprint density at radius 1 is 1.14 bits per heavy atom. The van der Waals surface area contributed by atoms with Crippen LogP contribution in [0.5, 0.6) is 0 Å². The van der Waals surface area contributed by atoms with E-state index in [0.29, 0.717) is 19.3 Å². The average Bonchev–Trinajstić information content (AvgIpc) is 2.05. The van der Waals surface area contributed by atoms with Crippen LogP contribution in [0.15, 0.2) is 0 Å². The van der Waals surface area contributed by atoms with Gasteiger partial charge in [0.2, 0.25) is 0 Å². The van der Waals surface area contributed by atoms with Crippen molar-refractivity contribution in [3.8, 4) is 0 Å². The highest BCUT2D eigenvalue weighted by Crippen LogP contribution is 2.34. The number of carbonyl (C=O) groups excluding carboxylic acids is 2. The van der Waals surface area contributed by atoms with E-state index in [1.54, 1.807) is 0 Å². The van der Waals surface area contributed by atoms with Gasteiger partial charge in [-0.25, -0.2) is 0 Å². The van der Waals surface area contributed by atoms with E-state index in [2.05, 4.69) is 0 Å². The van der Waals surface area contributed by atoms with E-state index in [4.69, 9.17) is 0 Å². The summed E-state index contributed by atoms with van der Waals surface area (Å²) in [5.41, 5.74) is -0.0974. The van der Waals surface area contributed by atoms with Crippen molar-refractivity contribution in [2.24, 2.45) is 11.3 Å². The third-order valence-corrected chi connectivity index (χ3v) is 2.49. The molecule has 0 radical (unpaired) electrons. The highest BCUT2D eigenvalue weighted by atomic mass is 16.2. The Balaban J connectivity index is 0.000000791. The zero-order valence-corrected chi connectivity index (χ0v) is 10.0. The lowest BCUT2D eigenvalue weighted by Crippen LogP contribution is -2.37. The summed E-state index contributed by atoms with van der Waals surface area (Å²) in [5, 5.41) is 0. The maximum atomic E-state index is 11.4. The molecule has 0 atom stereocenters. The smallest absolute Gasteiger partial charge is 0.143 e. The molecule has 0 bridgehead atoms. The molecule has 1 aliphatic rings. The van der Waals surface area contributed by atoms with Gasteiger partial charge in [0.1, 0.15) is 11.6 Å². The largest absolute Gasteiger partial charge is 0.299 e. The first-order valence-electron chi connectivity index (χ1n) is 5.52. The van der Waals surface area contributed by atoms with Gasteiger partial charge in [-0.1, -0.05) is 34.6 Å². The van der Waals surface area contributed by atoms with Crippen molar-refractivity contribution in [3.63, 3.8) is 0 Å². The van der Waals surface area contributed by atoms with Crippen molar-refractivity contribution in [3.05, 3.63) is 0 Å². The summed E-state index contributed by atoms with van der Waals surface area (Å²) in [4.78, 5) is 22.9. The molecule has 2 nitrogen and oxygen atoms in total. The van der Waals surface area contributed by atoms with E-state index >= 15 is 0 Å². The van der Waals surface area contributed by atoms with E-state index in [0.717, 1.165) is 0 Å². The van der Waals surface area contributed by atoms with Crippen LogP contribution < -0.4 is 0 Å². The molecule has 0 N–H and O–H groups in total. The van der Waals surface area contributed by atoms with Crippen molar-refractivity contribution < 1.29 is 9.59 Å². The maximum absolute atomic E-state index is 11.4. The van der Waals surface area contributed by atoms with Crippen LogP contribution in [-0.2, 0) is 9.59 Å². The summed E-state index contributed by atoms with van der Waals surface area (Å²) in [6, 6.07) is 0. The lowest BCUT2D eigenvalue weighted by molar-refractivity contribution is -0.139. The van der Waals surface area contributed by atoms with Gasteiger partial charge in [0.05, 0.1) is 5.92 Å². The Morgan fingerprint density at radius 3 is 1.79 bits per heavy atom. The van der Waals surface area contributed by atoms with Crippen molar-refractivity contribution >= 4 is 11.6 Å². The highest BCUT2D eigenvalue weighted by molar-refractivity contribution is 6.05. The summed E-state index contributed by atoms with van der Waals surface area (Å²) in [6.45, 7) is 9.86. The van der Waals surface area contributed by atoms with E-state index in [1.807, 2.05) is 34.6 Å². The molecule has 0 spiro atoms. The van der Waals surface area contributed by atoms with Crippen molar-refractivity contribution in [1.29, 1.82) is 0 Å². The van der Waals surface area contributed by atoms with Crippen LogP contribution >= 0.6 is 0 Å². The van der Waals surface area contributed by atoms with Gasteiger partial charge in [-0.05, 0) is 11.8 Å². The van der Waals surface area contributed by atoms with E-state index in [1.165, 1.54) is 0 Å². The average molecular weight is 198 g/mol. The molecule has 1 saturated carbocycles. The number of rotatable bonds is 1. The van der Waals surface area contributed by atoms with Gasteiger partial charge in [0.25, 0.3) is 0 Å². The first-order chi connectivity index (χ1) is 6.46. The molecule has 14 heavy (non-hydrogen) atoms. The zero-order chi connectivity index (χ0) is 11.4. The molecular weight excluding hydrogens is 176 g/mol. The fourth-order valence-electron chi connectivity index (χ4n) is 1.89. The minimum Gasteiger partial charge on any atom is -0.299 e. The first kappa shape index (κ1) is 13.3. The lowest BCUT2D eigenvalue weighted by Gasteiger charge is -2.31. The second-order valence-corrected chi connectivity index (χ2v) is 4.41. The van der Waals surface area contributed by atoms with Crippen LogP contribution in [0.3, 0.4) is 0 Å². The Labute approximate surface area is 87.1 Å². The molecule has 1 aliphatic carbocycles. The topological polar surface area (TPSA) is 34.1 Å². The SMILES string of the molecule is CC.CCC1C(=O)CC(C)(C)CC1=O. The zero-order valence-electron chi connectivity index (χ0n) is 10.0. The van der Waals surface area contributed by atoms with Crippen LogP contribution in [0.25, 0.3) is 0 Å². The number of hydrogen-bond acceptors (Lipinski definition) is 2. The maximum Gasteiger partial charge on any atom is 0.143 e. The predicted molar refractivity (Wildman–Crippen MR) is 58.2 cm³/mol. The number of Topliss-reactive ketones (excluding diaryl/α,β-unsaturated/α-hetero) is 2. The number of hydrogen-bond donors (Lipinski definition) is 0. The van der Waals surface area contributed by atoms with Crippen LogP contribution in [0.1, 0.15) is 53.9 Å². The highest BCUT2D eigenvalue weighted by Gasteiger charge is 2.38. The van der Waals surface area contributed by atoms with Gasteiger partial charge in [0, 0.05) is 12.8 Å². The molecule has 1 fully saturated rings. The molecule has 0 amide bonds. The Bertz CT molecular complexity index is 196. The lowest BCUT2D eigenvalue weighted by atomic mass is 9.71. The van der Waals surface area contributed by atoms with Crippen LogP contribution in [0.2, 0.25) is 0 Å². The molecular formula is C12H22O2. The van der Waals surface area contributed by atoms with Crippen LogP contribution in [-0.4, -0.2) is 11.6 Å². The summed E-state index contributed by atoms with van der Waals surface area (Å²) >= 11 is 0. The molecule has 0 aromatic heterocycles. The van der Waals surface area contributed by atoms with Crippen molar-refractivity contribution in [2.75, 3.05) is 0 Å². The monoisotopic (exact) mass is 198 g/mol. The van der Waals surface area contributed by atoms with Crippen molar-refractivity contribution in [2.45, 2.75) is 53.9 Å². The third kappa shape index (κ3) is 3.24. The van der Waals surface area contributed by atoms with Gasteiger partial charge < -0.3 is 0 Å². The molecule has 0 aliphatic heterocycles. The third-order valence-electron chi connectivity index (χ3n) is 2.49. The van der Waals surface area contributed by atoms with E-state index < -0.39 is 0 Å². The molecule has 82 valence electrons. The molecule has 0 unspecified atom stereocenters. The second-order valence-electron chi connectivity index (χ2n) is 4.41. The van der Waals surface area contributed by atoms with Crippen LogP contribution in [0.4, 0.5) is 0 Å². The minimum absolute atomic E-state index is 0.0974. The molecule has 2 heteroatoms. The molecule has 0 aromatic carbocycles. The number of ketones is 2. The molecule has 0 saturated heterocycles. The molecule has 1 rings (SSSR count). The van der Waals surface area contributed by atoms with Gasteiger partial charge in [-0.3, -0.25) is 9.59 Å². The molecule has 0 aromatic rings. The molecule has 0 heterocycles. The van der Waals surface area contributed by atoms with E-state index in [-0.39, 0.29) is 22.9 Å². The van der Waals surface area contributed by atoms with Gasteiger partial charge >= 0.3 is 0 Å². The predicted octanol–water partition coefficient (Wildman–Crippen LogP) is 3.00. The Morgan fingerprint density at radius 2 is 1.50 bits per heavy atom. The second kappa shape index (κ2) is 5.28. The first-order valence-corrected chi connectivity index (χ1v) is 5.52. The van der Waals surface area contributed by atoms with Crippen LogP contribution in [0, 0.1) is 11.3 Å². The van der Waals surface area contributed by atoms with Gasteiger partial charge in [0.15, 0.2) is 0 Å². The normalized spacial score (nSPS) is 21.5. The number of carbonyl (C=O) groups is 2. The van der Waals surface area contributed by atoms with E-state index in [9.17, 15) is 9.59 Å².